The van der Waals surface area contributed by atoms with E-state index in [-0.39, 0.29) is 28.5 Å². The van der Waals surface area contributed by atoms with Crippen molar-refractivity contribution in [3.8, 4) is 34.0 Å². The minimum Gasteiger partial charge on any atom is -0.336 e. The van der Waals surface area contributed by atoms with Crippen LogP contribution in [0.4, 0.5) is 14.5 Å². The molecule has 1 aromatic carbocycles. The number of pyridine rings is 3. The Morgan fingerprint density at radius 2 is 1.86 bits per heavy atom. The maximum atomic E-state index is 15.9. The van der Waals surface area contributed by atoms with Crippen LogP contribution in [0.5, 0.6) is 0 Å². The number of carbonyl (C=O) groups is 1. The number of benzene rings is 1. The SMILES string of the molecule is CCC(=O)Nc1cncc(-c2ncc3[nH]nc(-c4nc5c(-c6ccccc6F)nccc5[nH]4)c3c2F)c1. The van der Waals surface area contributed by atoms with Crippen molar-refractivity contribution >= 4 is 33.5 Å². The normalized spacial score (nSPS) is 11.3. The molecule has 3 N–H and O–H groups in total. The Balaban J connectivity index is 1.48. The second-order valence-electron chi connectivity index (χ2n) is 8.27. The van der Waals surface area contributed by atoms with Crippen LogP contribution in [0, 0.1) is 11.6 Å². The van der Waals surface area contributed by atoms with Gasteiger partial charge in [-0.25, -0.2) is 13.8 Å². The molecular weight excluding hydrogens is 478 g/mol. The molecule has 11 heteroatoms. The van der Waals surface area contributed by atoms with Gasteiger partial charge in [-0.05, 0) is 24.3 Å². The first kappa shape index (κ1) is 22.4. The van der Waals surface area contributed by atoms with Crippen LogP contribution in [0.15, 0.2) is 61.2 Å². The van der Waals surface area contributed by atoms with Crippen LogP contribution < -0.4 is 5.32 Å². The van der Waals surface area contributed by atoms with Crippen molar-refractivity contribution in [2.45, 2.75) is 13.3 Å². The highest BCUT2D eigenvalue weighted by atomic mass is 19.1. The molecule has 5 heterocycles. The zero-order valence-electron chi connectivity index (χ0n) is 19.4. The van der Waals surface area contributed by atoms with Crippen molar-refractivity contribution < 1.29 is 13.6 Å². The summed E-state index contributed by atoms with van der Waals surface area (Å²) in [4.78, 5) is 32.2. The predicted molar refractivity (Wildman–Crippen MR) is 134 cm³/mol. The molecule has 0 fully saturated rings. The number of nitrogens with zero attached hydrogens (tertiary/aromatic N) is 5. The fourth-order valence-electron chi connectivity index (χ4n) is 4.13. The molecule has 0 saturated carbocycles. The Kier molecular flexibility index (Phi) is 5.37. The van der Waals surface area contributed by atoms with Crippen molar-refractivity contribution in [2.75, 3.05) is 5.32 Å². The molecule has 0 unspecified atom stereocenters. The van der Waals surface area contributed by atoms with E-state index in [0.29, 0.717) is 45.5 Å². The summed E-state index contributed by atoms with van der Waals surface area (Å²) in [6.45, 7) is 1.73. The number of halogens is 2. The van der Waals surface area contributed by atoms with Crippen LogP contribution in [0.3, 0.4) is 0 Å². The molecule has 0 bridgehead atoms. The lowest BCUT2D eigenvalue weighted by Gasteiger charge is -2.07. The minimum absolute atomic E-state index is 0.0417. The number of hydrogen-bond donors (Lipinski definition) is 3. The third kappa shape index (κ3) is 3.86. The summed E-state index contributed by atoms with van der Waals surface area (Å²) in [5, 5.41) is 9.95. The topological polar surface area (TPSA) is 125 Å². The van der Waals surface area contributed by atoms with Crippen molar-refractivity contribution in [1.82, 2.24) is 35.1 Å². The van der Waals surface area contributed by atoms with Gasteiger partial charge < -0.3 is 10.3 Å². The van der Waals surface area contributed by atoms with Gasteiger partial charge >= 0.3 is 0 Å². The van der Waals surface area contributed by atoms with Gasteiger partial charge in [-0.1, -0.05) is 19.1 Å². The molecule has 6 rings (SSSR count). The Hall–Kier alpha value is -5.06. The first-order chi connectivity index (χ1) is 18.0. The number of nitrogens with one attached hydrogen (secondary N) is 3. The number of aromatic nitrogens is 7. The van der Waals surface area contributed by atoms with E-state index in [1.165, 1.54) is 24.7 Å². The number of rotatable bonds is 5. The third-order valence-corrected chi connectivity index (χ3v) is 5.92. The average Bonchev–Trinajstić information content (AvgIpc) is 3.54. The largest absolute Gasteiger partial charge is 0.336 e. The van der Waals surface area contributed by atoms with E-state index in [0.717, 1.165) is 0 Å². The molecule has 9 nitrogen and oxygen atoms in total. The van der Waals surface area contributed by atoms with Crippen molar-refractivity contribution in [3.63, 3.8) is 0 Å². The fourth-order valence-corrected chi connectivity index (χ4v) is 4.13. The molecule has 182 valence electrons. The Bertz CT molecular complexity index is 1810. The smallest absolute Gasteiger partial charge is 0.224 e. The number of hydrogen-bond acceptors (Lipinski definition) is 6. The van der Waals surface area contributed by atoms with E-state index >= 15 is 4.39 Å². The Labute approximate surface area is 208 Å². The second kappa shape index (κ2) is 8.86. The molecule has 0 aliphatic heterocycles. The van der Waals surface area contributed by atoms with Crippen LogP contribution in [-0.2, 0) is 4.79 Å². The molecule has 0 aliphatic rings. The number of carbonyl (C=O) groups excluding carboxylic acids is 1. The van der Waals surface area contributed by atoms with Crippen LogP contribution in [0.1, 0.15) is 13.3 Å². The molecular formula is C26H18F2N8O. The molecule has 0 radical (unpaired) electrons. The molecule has 1 amide bonds. The van der Waals surface area contributed by atoms with E-state index in [1.807, 2.05) is 0 Å². The van der Waals surface area contributed by atoms with E-state index in [4.69, 9.17) is 0 Å². The minimum atomic E-state index is -0.630. The van der Waals surface area contributed by atoms with Crippen LogP contribution in [0.2, 0.25) is 0 Å². The van der Waals surface area contributed by atoms with E-state index < -0.39 is 11.6 Å². The van der Waals surface area contributed by atoms with Crippen molar-refractivity contribution in [3.05, 3.63) is 72.8 Å². The lowest BCUT2D eigenvalue weighted by molar-refractivity contribution is -0.115. The summed E-state index contributed by atoms with van der Waals surface area (Å²) >= 11 is 0. The first-order valence-electron chi connectivity index (χ1n) is 11.4. The van der Waals surface area contributed by atoms with Gasteiger partial charge in [0, 0.05) is 29.9 Å². The van der Waals surface area contributed by atoms with Crippen molar-refractivity contribution in [2.24, 2.45) is 0 Å². The third-order valence-electron chi connectivity index (χ3n) is 5.92. The van der Waals surface area contributed by atoms with Gasteiger partial charge in [0.15, 0.2) is 11.6 Å². The molecule has 0 atom stereocenters. The second-order valence-corrected chi connectivity index (χ2v) is 8.27. The predicted octanol–water partition coefficient (Wildman–Crippen LogP) is 5.25. The molecule has 0 saturated heterocycles. The zero-order valence-corrected chi connectivity index (χ0v) is 19.4. The van der Waals surface area contributed by atoms with E-state index in [2.05, 4.69) is 40.4 Å². The van der Waals surface area contributed by atoms with Gasteiger partial charge in [0.25, 0.3) is 0 Å². The van der Waals surface area contributed by atoms with Crippen molar-refractivity contribution in [1.29, 1.82) is 0 Å². The summed E-state index contributed by atoms with van der Waals surface area (Å²) in [5.74, 6) is -0.959. The fraction of sp³-hybridized carbons (Fsp3) is 0.0769. The summed E-state index contributed by atoms with van der Waals surface area (Å²) in [6, 6.07) is 9.60. The molecule has 0 spiro atoms. The van der Waals surface area contributed by atoms with Gasteiger partial charge in [0.1, 0.15) is 28.4 Å². The monoisotopic (exact) mass is 496 g/mol. The van der Waals surface area contributed by atoms with E-state index in [1.54, 1.807) is 43.5 Å². The summed E-state index contributed by atoms with van der Waals surface area (Å²) < 4.78 is 30.4. The maximum Gasteiger partial charge on any atom is 0.224 e. The summed E-state index contributed by atoms with van der Waals surface area (Å²) in [7, 11) is 0. The maximum absolute atomic E-state index is 15.9. The van der Waals surface area contributed by atoms with Gasteiger partial charge in [-0.15, -0.1) is 0 Å². The average molecular weight is 496 g/mol. The van der Waals surface area contributed by atoms with E-state index in [9.17, 15) is 9.18 Å². The highest BCUT2D eigenvalue weighted by molar-refractivity contribution is 5.97. The number of aromatic amines is 2. The highest BCUT2D eigenvalue weighted by Gasteiger charge is 2.22. The van der Waals surface area contributed by atoms with Gasteiger partial charge in [0.2, 0.25) is 5.91 Å². The lowest BCUT2D eigenvalue weighted by Crippen LogP contribution is -2.09. The lowest BCUT2D eigenvalue weighted by atomic mass is 10.1. The number of anilines is 1. The van der Waals surface area contributed by atoms with Crippen LogP contribution in [0.25, 0.3) is 56.0 Å². The zero-order chi connectivity index (χ0) is 25.5. The molecule has 5 aromatic heterocycles. The van der Waals surface area contributed by atoms with Crippen LogP contribution >= 0.6 is 0 Å². The quantitative estimate of drug-likeness (QED) is 0.299. The van der Waals surface area contributed by atoms with Gasteiger partial charge in [-0.2, -0.15) is 5.10 Å². The number of H-pyrrole nitrogens is 2. The van der Waals surface area contributed by atoms with Crippen LogP contribution in [-0.4, -0.2) is 41.0 Å². The number of fused-ring (bicyclic) bond motifs is 2. The molecule has 6 aromatic rings. The highest BCUT2D eigenvalue weighted by Crippen LogP contribution is 2.34. The molecule has 37 heavy (non-hydrogen) atoms. The van der Waals surface area contributed by atoms with Gasteiger partial charge in [0.05, 0.1) is 34.5 Å². The number of imidazole rings is 1. The first-order valence-corrected chi connectivity index (χ1v) is 11.4. The number of amides is 1. The standard InChI is InChI=1S/C26H18F2N8O/c1-2-19(37)32-14-9-13(10-29-11-14)22-21(28)20-18(12-31-22)35-36-25(20)26-33-17-7-8-30-23(24(17)34-26)15-5-3-4-6-16(15)27/h3-12H,2H2,1H3,(H,32,37)(H,33,34)(H,35,36). The Morgan fingerprint density at radius 3 is 2.70 bits per heavy atom. The summed E-state index contributed by atoms with van der Waals surface area (Å²) in [6.07, 6.45) is 6.26. The summed E-state index contributed by atoms with van der Waals surface area (Å²) in [5.41, 5.74) is 3.15. The van der Waals surface area contributed by atoms with Gasteiger partial charge in [-0.3, -0.25) is 24.8 Å². The Morgan fingerprint density at radius 1 is 1.00 bits per heavy atom. The molecule has 0 aliphatic carbocycles.